The van der Waals surface area contributed by atoms with E-state index >= 15 is 0 Å². The quantitative estimate of drug-likeness (QED) is 0.899. The van der Waals surface area contributed by atoms with Crippen LogP contribution in [0.15, 0.2) is 48.8 Å². The van der Waals surface area contributed by atoms with Gasteiger partial charge in [-0.1, -0.05) is 18.2 Å². The number of benzene rings is 1. The number of hydrogen-bond donors (Lipinski definition) is 2. The molecule has 1 aromatic heterocycles. The first kappa shape index (κ1) is 17.1. The van der Waals surface area contributed by atoms with E-state index in [0.29, 0.717) is 5.56 Å². The molecule has 5 nitrogen and oxygen atoms in total. The molecule has 0 bridgehead atoms. The van der Waals surface area contributed by atoms with Gasteiger partial charge in [0.1, 0.15) is 0 Å². The molecule has 1 aliphatic rings. The first-order valence-electron chi connectivity index (χ1n) is 8.71. The fourth-order valence-electron chi connectivity index (χ4n) is 3.19. The third kappa shape index (κ3) is 4.44. The number of hydrogen-bond acceptors (Lipinski definition) is 3. The fraction of sp³-hybridized carbons (Fsp3) is 0.350. The van der Waals surface area contributed by atoms with Crippen LogP contribution in [0.5, 0.6) is 0 Å². The topological polar surface area (TPSA) is 71.1 Å². The predicted molar refractivity (Wildman–Crippen MR) is 97.3 cm³/mol. The van der Waals surface area contributed by atoms with Crippen molar-refractivity contribution in [3.05, 3.63) is 59.9 Å². The maximum absolute atomic E-state index is 12.4. The number of amides is 2. The maximum atomic E-state index is 12.4. The molecule has 1 fully saturated rings. The first-order valence-corrected chi connectivity index (χ1v) is 8.71. The van der Waals surface area contributed by atoms with Gasteiger partial charge in [-0.3, -0.25) is 14.6 Å². The van der Waals surface area contributed by atoms with Gasteiger partial charge in [0.25, 0.3) is 5.91 Å². The van der Waals surface area contributed by atoms with Crippen LogP contribution in [0.2, 0.25) is 0 Å². The Hall–Kier alpha value is -2.69. The van der Waals surface area contributed by atoms with E-state index in [1.807, 2.05) is 43.3 Å². The summed E-state index contributed by atoms with van der Waals surface area (Å²) in [5.74, 6) is -0.00657. The van der Waals surface area contributed by atoms with Crippen LogP contribution in [0.3, 0.4) is 0 Å². The average Bonchev–Trinajstić information content (AvgIpc) is 2.65. The normalized spacial score (nSPS) is 19.9. The molecule has 25 heavy (non-hydrogen) atoms. The van der Waals surface area contributed by atoms with Crippen molar-refractivity contribution in [2.45, 2.75) is 38.6 Å². The van der Waals surface area contributed by atoms with Crippen LogP contribution in [0.4, 0.5) is 5.69 Å². The summed E-state index contributed by atoms with van der Waals surface area (Å²) in [4.78, 5) is 28.7. The lowest BCUT2D eigenvalue weighted by Gasteiger charge is -2.28. The van der Waals surface area contributed by atoms with Crippen LogP contribution in [0.1, 0.15) is 41.6 Å². The van der Waals surface area contributed by atoms with Crippen molar-refractivity contribution in [1.29, 1.82) is 0 Å². The van der Waals surface area contributed by atoms with E-state index < -0.39 is 0 Å². The van der Waals surface area contributed by atoms with Crippen molar-refractivity contribution >= 4 is 17.5 Å². The first-order chi connectivity index (χ1) is 12.1. The van der Waals surface area contributed by atoms with Crippen LogP contribution in [0.25, 0.3) is 0 Å². The zero-order valence-corrected chi connectivity index (χ0v) is 14.4. The molecule has 0 spiro atoms. The maximum Gasteiger partial charge on any atom is 0.251 e. The lowest BCUT2D eigenvalue weighted by atomic mass is 9.85. The number of anilines is 1. The molecule has 2 N–H and O–H groups in total. The Morgan fingerprint density at radius 1 is 1.04 bits per heavy atom. The zero-order chi connectivity index (χ0) is 17.6. The number of rotatable bonds is 4. The average molecular weight is 337 g/mol. The monoisotopic (exact) mass is 337 g/mol. The molecule has 0 saturated heterocycles. The minimum atomic E-state index is -0.0421. The van der Waals surface area contributed by atoms with Gasteiger partial charge in [-0.2, -0.15) is 0 Å². The molecule has 0 unspecified atom stereocenters. The van der Waals surface area contributed by atoms with Crippen molar-refractivity contribution in [2.75, 3.05) is 5.32 Å². The third-order valence-electron chi connectivity index (χ3n) is 4.77. The fourth-order valence-corrected chi connectivity index (χ4v) is 3.19. The third-order valence-corrected chi connectivity index (χ3v) is 4.77. The summed E-state index contributed by atoms with van der Waals surface area (Å²) in [6.45, 7) is 1.95. The second-order valence-corrected chi connectivity index (χ2v) is 6.57. The highest BCUT2D eigenvalue weighted by molar-refractivity contribution is 5.94. The van der Waals surface area contributed by atoms with Crippen LogP contribution in [0, 0.1) is 12.8 Å². The lowest BCUT2D eigenvalue weighted by molar-refractivity contribution is -0.120. The van der Waals surface area contributed by atoms with Gasteiger partial charge in [-0.25, -0.2) is 0 Å². The van der Waals surface area contributed by atoms with E-state index in [2.05, 4.69) is 15.6 Å². The standard InChI is InChI=1S/C20H23N3O2/c1-14-11-12-21-13-18(14)23-20(25)16-7-9-17(10-8-16)22-19(24)15-5-3-2-4-6-15/h2-6,11-13,16-17H,7-10H2,1H3,(H,22,24)(H,23,25). The highest BCUT2D eigenvalue weighted by Gasteiger charge is 2.27. The van der Waals surface area contributed by atoms with Gasteiger partial charge in [-0.15, -0.1) is 0 Å². The number of nitrogens with zero attached hydrogens (tertiary/aromatic N) is 1. The highest BCUT2D eigenvalue weighted by Crippen LogP contribution is 2.26. The van der Waals surface area contributed by atoms with Crippen molar-refractivity contribution in [3.63, 3.8) is 0 Å². The van der Waals surface area contributed by atoms with E-state index in [1.54, 1.807) is 12.4 Å². The summed E-state index contributed by atoms with van der Waals surface area (Å²) in [6, 6.07) is 11.2. The summed E-state index contributed by atoms with van der Waals surface area (Å²) in [6.07, 6.45) is 6.60. The van der Waals surface area contributed by atoms with E-state index in [1.165, 1.54) is 0 Å². The number of carbonyl (C=O) groups is 2. The van der Waals surface area contributed by atoms with Crippen LogP contribution >= 0.6 is 0 Å². The zero-order valence-electron chi connectivity index (χ0n) is 14.4. The predicted octanol–water partition coefficient (Wildman–Crippen LogP) is 3.32. The van der Waals surface area contributed by atoms with Crippen molar-refractivity contribution in [3.8, 4) is 0 Å². The Bertz CT molecular complexity index is 738. The largest absolute Gasteiger partial charge is 0.349 e. The van der Waals surface area contributed by atoms with Gasteiger partial charge < -0.3 is 10.6 Å². The molecule has 0 atom stereocenters. The SMILES string of the molecule is Cc1ccncc1NC(=O)C1CCC(NC(=O)c2ccccc2)CC1. The summed E-state index contributed by atoms with van der Waals surface area (Å²) >= 11 is 0. The molecule has 1 heterocycles. The van der Waals surface area contributed by atoms with E-state index in [-0.39, 0.29) is 23.8 Å². The molecular weight excluding hydrogens is 314 g/mol. The summed E-state index contributed by atoms with van der Waals surface area (Å²) in [7, 11) is 0. The Kier molecular flexibility index (Phi) is 5.43. The molecule has 1 saturated carbocycles. The molecular formula is C20H23N3O2. The van der Waals surface area contributed by atoms with Crippen LogP contribution < -0.4 is 10.6 Å². The molecule has 1 aliphatic carbocycles. The van der Waals surface area contributed by atoms with Gasteiger partial charge in [0.2, 0.25) is 5.91 Å². The number of carbonyl (C=O) groups excluding carboxylic acids is 2. The van der Waals surface area contributed by atoms with Crippen molar-refractivity contribution in [2.24, 2.45) is 5.92 Å². The minimum Gasteiger partial charge on any atom is -0.349 e. The minimum absolute atomic E-state index is 0.00974. The van der Waals surface area contributed by atoms with Gasteiger partial charge in [0, 0.05) is 23.7 Å². The smallest absolute Gasteiger partial charge is 0.251 e. The Labute approximate surface area is 147 Å². The molecule has 0 radical (unpaired) electrons. The number of aromatic nitrogens is 1. The Balaban J connectivity index is 1.49. The van der Waals surface area contributed by atoms with Gasteiger partial charge >= 0.3 is 0 Å². The highest BCUT2D eigenvalue weighted by atomic mass is 16.2. The number of pyridine rings is 1. The molecule has 130 valence electrons. The Morgan fingerprint density at radius 3 is 2.44 bits per heavy atom. The summed E-state index contributed by atoms with van der Waals surface area (Å²) in [5.41, 5.74) is 2.45. The van der Waals surface area contributed by atoms with Gasteiger partial charge in [-0.05, 0) is 56.4 Å². The summed E-state index contributed by atoms with van der Waals surface area (Å²) in [5, 5.41) is 6.05. The van der Waals surface area contributed by atoms with Crippen LogP contribution in [-0.2, 0) is 4.79 Å². The van der Waals surface area contributed by atoms with Crippen molar-refractivity contribution in [1.82, 2.24) is 10.3 Å². The lowest BCUT2D eigenvalue weighted by Crippen LogP contribution is -2.39. The van der Waals surface area contributed by atoms with Crippen molar-refractivity contribution < 1.29 is 9.59 Å². The number of nitrogens with one attached hydrogen (secondary N) is 2. The van der Waals surface area contributed by atoms with Crippen LogP contribution in [-0.4, -0.2) is 22.8 Å². The second-order valence-electron chi connectivity index (χ2n) is 6.57. The molecule has 2 amide bonds. The molecule has 3 rings (SSSR count). The van der Waals surface area contributed by atoms with E-state index in [0.717, 1.165) is 36.9 Å². The molecule has 1 aromatic carbocycles. The molecule has 2 aromatic rings. The Morgan fingerprint density at radius 2 is 1.76 bits per heavy atom. The summed E-state index contributed by atoms with van der Waals surface area (Å²) < 4.78 is 0. The van der Waals surface area contributed by atoms with E-state index in [9.17, 15) is 9.59 Å². The van der Waals surface area contributed by atoms with E-state index in [4.69, 9.17) is 0 Å². The van der Waals surface area contributed by atoms with Gasteiger partial charge in [0.15, 0.2) is 0 Å². The van der Waals surface area contributed by atoms with Gasteiger partial charge in [0.05, 0.1) is 11.9 Å². The molecule has 5 heteroatoms. The molecule has 0 aliphatic heterocycles. The second kappa shape index (κ2) is 7.92. The number of aryl methyl sites for hydroxylation is 1.